The van der Waals surface area contributed by atoms with Crippen molar-refractivity contribution in [2.75, 3.05) is 23.5 Å². The number of carbonyl (C=O) groups is 4. The first-order valence-corrected chi connectivity index (χ1v) is 12.0. The second kappa shape index (κ2) is 9.17. The molecule has 2 aromatic carbocycles. The third kappa shape index (κ3) is 4.07. The average Bonchev–Trinajstić information content (AvgIpc) is 3.37. The maximum atomic E-state index is 12.9. The van der Waals surface area contributed by atoms with Gasteiger partial charge in [0.1, 0.15) is 11.5 Å². The standard InChI is InChI=1S/C27H28N2O6/c1-16-13-18(11-12-21(16)29-25(31)19-7-3-4-8-20(19)26(29)32)35-27(33)17-14-24(30)28(15-17)22-9-5-6-10-23(22)34-2/h5-6,9-13,17,19-20H,3-4,7-8,14-15H2,1-2H3/t17-,19-,20-/m1/s1. The van der Waals surface area contributed by atoms with Gasteiger partial charge in [0.15, 0.2) is 0 Å². The topological polar surface area (TPSA) is 93.2 Å². The largest absolute Gasteiger partial charge is 0.495 e. The molecule has 3 amide bonds. The summed E-state index contributed by atoms with van der Waals surface area (Å²) in [5.74, 6) is -1.11. The molecule has 0 N–H and O–H groups in total. The zero-order valence-electron chi connectivity index (χ0n) is 19.9. The van der Waals surface area contributed by atoms with Crippen LogP contribution in [-0.2, 0) is 19.2 Å². The number of amides is 3. The minimum atomic E-state index is -0.614. The van der Waals surface area contributed by atoms with E-state index in [1.165, 1.54) is 12.0 Å². The number of hydrogen-bond acceptors (Lipinski definition) is 6. The molecule has 3 aliphatic rings. The van der Waals surface area contributed by atoms with Gasteiger partial charge in [-0.05, 0) is 55.7 Å². The normalized spacial score (nSPS) is 24.1. The summed E-state index contributed by atoms with van der Waals surface area (Å²) < 4.78 is 10.9. The minimum Gasteiger partial charge on any atom is -0.495 e. The third-order valence-corrected chi connectivity index (χ3v) is 7.30. The van der Waals surface area contributed by atoms with E-state index in [1.54, 1.807) is 42.2 Å². The van der Waals surface area contributed by atoms with E-state index in [9.17, 15) is 19.2 Å². The SMILES string of the molecule is COc1ccccc1N1C[C@H](C(=O)Oc2ccc(N3C(=O)[C@@H]4CCCC[C@H]4C3=O)c(C)c2)CC1=O. The zero-order valence-corrected chi connectivity index (χ0v) is 19.9. The predicted octanol–water partition coefficient (Wildman–Crippen LogP) is 3.64. The Balaban J connectivity index is 1.29. The Kier molecular flexibility index (Phi) is 6.05. The maximum Gasteiger partial charge on any atom is 0.316 e. The number of benzene rings is 2. The summed E-state index contributed by atoms with van der Waals surface area (Å²) in [5.41, 5.74) is 1.83. The van der Waals surface area contributed by atoms with Crippen LogP contribution >= 0.6 is 0 Å². The molecule has 0 bridgehead atoms. The van der Waals surface area contributed by atoms with Gasteiger partial charge >= 0.3 is 5.97 Å². The molecular weight excluding hydrogens is 448 g/mol. The maximum absolute atomic E-state index is 12.9. The molecular formula is C27H28N2O6. The smallest absolute Gasteiger partial charge is 0.316 e. The lowest BCUT2D eigenvalue weighted by Gasteiger charge is -2.19. The van der Waals surface area contributed by atoms with Crippen LogP contribution < -0.4 is 19.3 Å². The molecule has 1 saturated carbocycles. The van der Waals surface area contributed by atoms with Crippen LogP contribution in [0.15, 0.2) is 42.5 Å². The van der Waals surface area contributed by atoms with Gasteiger partial charge in [-0.25, -0.2) is 4.90 Å². The number of nitrogens with zero attached hydrogens (tertiary/aromatic N) is 2. The molecule has 0 spiro atoms. The molecule has 0 unspecified atom stereocenters. The van der Waals surface area contributed by atoms with Gasteiger partial charge in [0.05, 0.1) is 36.2 Å². The second-order valence-corrected chi connectivity index (χ2v) is 9.46. The molecule has 8 nitrogen and oxygen atoms in total. The summed E-state index contributed by atoms with van der Waals surface area (Å²) in [6.45, 7) is 1.99. The summed E-state index contributed by atoms with van der Waals surface area (Å²) in [5, 5.41) is 0. The molecule has 2 aliphatic heterocycles. The van der Waals surface area contributed by atoms with E-state index >= 15 is 0 Å². The number of methoxy groups -OCH3 is 1. The second-order valence-electron chi connectivity index (χ2n) is 9.46. The van der Waals surface area contributed by atoms with E-state index in [4.69, 9.17) is 9.47 Å². The van der Waals surface area contributed by atoms with Gasteiger partial charge in [-0.3, -0.25) is 19.2 Å². The van der Waals surface area contributed by atoms with Gasteiger partial charge in [-0.15, -0.1) is 0 Å². The number of anilines is 2. The van der Waals surface area contributed by atoms with Crippen LogP contribution in [-0.4, -0.2) is 37.3 Å². The van der Waals surface area contributed by atoms with Crippen LogP contribution in [0.1, 0.15) is 37.7 Å². The van der Waals surface area contributed by atoms with Crippen molar-refractivity contribution >= 4 is 35.1 Å². The Bertz CT molecular complexity index is 1180. The van der Waals surface area contributed by atoms with Crippen LogP contribution in [0.3, 0.4) is 0 Å². The van der Waals surface area contributed by atoms with Gasteiger partial charge in [0.25, 0.3) is 0 Å². The molecule has 182 valence electrons. The van der Waals surface area contributed by atoms with Crippen LogP contribution in [0.25, 0.3) is 0 Å². The number of esters is 1. The highest BCUT2D eigenvalue weighted by atomic mass is 16.5. The third-order valence-electron chi connectivity index (χ3n) is 7.30. The molecule has 8 heteroatoms. The fraction of sp³-hybridized carbons (Fsp3) is 0.407. The number of fused-ring (bicyclic) bond motifs is 1. The lowest BCUT2D eigenvalue weighted by atomic mass is 9.81. The van der Waals surface area contributed by atoms with Gasteiger partial charge < -0.3 is 14.4 Å². The average molecular weight is 477 g/mol. The molecule has 3 fully saturated rings. The van der Waals surface area contributed by atoms with E-state index < -0.39 is 11.9 Å². The fourth-order valence-corrected chi connectivity index (χ4v) is 5.49. The number of imide groups is 1. The Hall–Kier alpha value is -3.68. The number of para-hydroxylation sites is 2. The number of rotatable bonds is 5. The van der Waals surface area contributed by atoms with Crippen molar-refractivity contribution in [1.29, 1.82) is 0 Å². The number of hydrogen-bond donors (Lipinski definition) is 0. The van der Waals surface area contributed by atoms with Crippen LogP contribution in [0.4, 0.5) is 11.4 Å². The van der Waals surface area contributed by atoms with Gasteiger partial charge in [0.2, 0.25) is 17.7 Å². The summed E-state index contributed by atoms with van der Waals surface area (Å²) >= 11 is 0. The van der Waals surface area contributed by atoms with E-state index in [1.807, 2.05) is 12.1 Å². The molecule has 0 aromatic heterocycles. The molecule has 2 aromatic rings. The van der Waals surface area contributed by atoms with Crippen LogP contribution in [0.5, 0.6) is 11.5 Å². The Morgan fingerprint density at radius 3 is 2.29 bits per heavy atom. The summed E-state index contributed by atoms with van der Waals surface area (Å²) in [7, 11) is 1.54. The van der Waals surface area contributed by atoms with Gasteiger partial charge in [-0.2, -0.15) is 0 Å². The van der Waals surface area contributed by atoms with Gasteiger partial charge in [0, 0.05) is 13.0 Å². The Morgan fingerprint density at radius 2 is 1.63 bits per heavy atom. The number of aryl methyl sites for hydroxylation is 1. The number of ether oxygens (including phenoxy) is 2. The Morgan fingerprint density at radius 1 is 0.943 bits per heavy atom. The van der Waals surface area contributed by atoms with Crippen molar-refractivity contribution in [1.82, 2.24) is 0 Å². The highest BCUT2D eigenvalue weighted by Crippen LogP contribution is 2.41. The summed E-state index contributed by atoms with van der Waals surface area (Å²) in [4.78, 5) is 54.2. The van der Waals surface area contributed by atoms with Crippen molar-refractivity contribution in [3.63, 3.8) is 0 Å². The van der Waals surface area contributed by atoms with Crippen molar-refractivity contribution in [2.45, 2.75) is 39.0 Å². The van der Waals surface area contributed by atoms with Crippen molar-refractivity contribution < 1.29 is 28.7 Å². The Labute approximate surface area is 203 Å². The van der Waals surface area contributed by atoms with E-state index in [-0.39, 0.29) is 42.5 Å². The summed E-state index contributed by atoms with van der Waals surface area (Å²) in [6.07, 6.45) is 3.51. The minimum absolute atomic E-state index is 0.0491. The van der Waals surface area contributed by atoms with Crippen LogP contribution in [0.2, 0.25) is 0 Å². The lowest BCUT2D eigenvalue weighted by Crippen LogP contribution is -2.31. The highest BCUT2D eigenvalue weighted by Gasteiger charge is 2.49. The van der Waals surface area contributed by atoms with Crippen molar-refractivity contribution in [3.8, 4) is 11.5 Å². The molecule has 3 atom stereocenters. The zero-order chi connectivity index (χ0) is 24.7. The molecule has 35 heavy (non-hydrogen) atoms. The van der Waals surface area contributed by atoms with E-state index in [0.717, 1.165) is 25.7 Å². The lowest BCUT2D eigenvalue weighted by molar-refractivity contribution is -0.139. The molecule has 5 rings (SSSR count). The fourth-order valence-electron chi connectivity index (χ4n) is 5.49. The quantitative estimate of drug-likeness (QED) is 0.372. The predicted molar refractivity (Wildman–Crippen MR) is 128 cm³/mol. The van der Waals surface area contributed by atoms with Gasteiger partial charge in [-0.1, -0.05) is 25.0 Å². The first-order chi connectivity index (χ1) is 16.9. The number of carbonyl (C=O) groups excluding carboxylic acids is 4. The van der Waals surface area contributed by atoms with E-state index in [2.05, 4.69) is 0 Å². The molecule has 0 radical (unpaired) electrons. The monoisotopic (exact) mass is 476 g/mol. The summed E-state index contributed by atoms with van der Waals surface area (Å²) in [6, 6.07) is 12.1. The van der Waals surface area contributed by atoms with E-state index in [0.29, 0.717) is 28.4 Å². The first-order valence-electron chi connectivity index (χ1n) is 12.0. The van der Waals surface area contributed by atoms with Crippen molar-refractivity contribution in [2.24, 2.45) is 17.8 Å². The van der Waals surface area contributed by atoms with Crippen molar-refractivity contribution in [3.05, 3.63) is 48.0 Å². The van der Waals surface area contributed by atoms with Crippen LogP contribution in [0, 0.1) is 24.7 Å². The first kappa shape index (κ1) is 23.1. The molecule has 2 heterocycles. The highest BCUT2D eigenvalue weighted by molar-refractivity contribution is 6.22. The molecule has 1 aliphatic carbocycles. The molecule has 2 saturated heterocycles.